The van der Waals surface area contributed by atoms with Crippen LogP contribution in [0, 0.1) is 12.3 Å². The molecule has 2 aromatic rings. The van der Waals surface area contributed by atoms with Crippen LogP contribution in [0.15, 0.2) is 17.1 Å². The molecular weight excluding hydrogens is 360 g/mol. The molecule has 0 aromatic carbocycles. The molecule has 1 amide bonds. The van der Waals surface area contributed by atoms with Crippen molar-refractivity contribution in [3.8, 4) is 0 Å². The number of carbonyl (C=O) groups excluding carboxylic acids is 1. The minimum atomic E-state index is -1.89. The van der Waals surface area contributed by atoms with Gasteiger partial charge in [0.05, 0.1) is 5.69 Å². The van der Waals surface area contributed by atoms with Crippen LogP contribution in [0.4, 0.5) is 17.2 Å². The number of carbonyl (C=O) groups is 1. The molecule has 9 nitrogen and oxygen atoms in total. The maximum Gasteiger partial charge on any atom is 0.277 e. The summed E-state index contributed by atoms with van der Waals surface area (Å²) in [7, 11) is 0. The largest absolute Gasteiger partial charge is 0.384 e. The lowest BCUT2D eigenvalue weighted by Gasteiger charge is -2.36. The SMILES string of the molecule is Cc1c2c(c(=O)n3c1C(=O)NC31CCCC1)Nc1cc(N)ncc1[C@]2(O)C=N. The van der Waals surface area contributed by atoms with Crippen molar-refractivity contribution >= 4 is 29.3 Å². The van der Waals surface area contributed by atoms with Crippen molar-refractivity contribution in [2.24, 2.45) is 0 Å². The first kappa shape index (κ1) is 16.9. The first-order chi connectivity index (χ1) is 13.3. The molecule has 1 atom stereocenters. The van der Waals surface area contributed by atoms with Crippen molar-refractivity contribution in [3.05, 3.63) is 45.0 Å². The summed E-state index contributed by atoms with van der Waals surface area (Å²) in [6.07, 6.45) is 5.47. The summed E-state index contributed by atoms with van der Waals surface area (Å²) in [5.41, 5.74) is 4.60. The number of nitrogen functional groups attached to an aromatic ring is 1. The van der Waals surface area contributed by atoms with Crippen LogP contribution in [-0.2, 0) is 11.3 Å². The van der Waals surface area contributed by atoms with Crippen molar-refractivity contribution in [2.75, 3.05) is 11.1 Å². The molecular formula is C19H20N6O3. The first-order valence-corrected chi connectivity index (χ1v) is 9.22. The summed E-state index contributed by atoms with van der Waals surface area (Å²) in [5.74, 6) is -0.100. The lowest BCUT2D eigenvalue weighted by Crippen LogP contribution is -2.47. The molecule has 9 heteroatoms. The van der Waals surface area contributed by atoms with Gasteiger partial charge in [-0.15, -0.1) is 0 Å². The van der Waals surface area contributed by atoms with E-state index in [9.17, 15) is 14.7 Å². The maximum absolute atomic E-state index is 13.5. The van der Waals surface area contributed by atoms with E-state index >= 15 is 0 Å². The average molecular weight is 380 g/mol. The van der Waals surface area contributed by atoms with Crippen LogP contribution in [-0.4, -0.2) is 26.8 Å². The summed E-state index contributed by atoms with van der Waals surface area (Å²) in [6.45, 7) is 1.70. The number of nitrogens with one attached hydrogen (secondary N) is 3. The van der Waals surface area contributed by atoms with Gasteiger partial charge >= 0.3 is 0 Å². The van der Waals surface area contributed by atoms with Crippen LogP contribution in [0.1, 0.15) is 52.9 Å². The van der Waals surface area contributed by atoms with Gasteiger partial charge in [-0.2, -0.15) is 0 Å². The van der Waals surface area contributed by atoms with Crippen LogP contribution >= 0.6 is 0 Å². The van der Waals surface area contributed by atoms with Gasteiger partial charge in [-0.25, -0.2) is 4.98 Å². The molecule has 3 aliphatic rings. The quantitative estimate of drug-likeness (QED) is 0.467. The van der Waals surface area contributed by atoms with Crippen molar-refractivity contribution in [1.82, 2.24) is 14.9 Å². The Kier molecular flexibility index (Phi) is 3.14. The summed E-state index contributed by atoms with van der Waals surface area (Å²) >= 11 is 0. The monoisotopic (exact) mass is 380 g/mol. The Bertz CT molecular complexity index is 1130. The van der Waals surface area contributed by atoms with Gasteiger partial charge in [0.25, 0.3) is 11.5 Å². The lowest BCUT2D eigenvalue weighted by atomic mass is 9.80. The molecule has 1 fully saturated rings. The topological polar surface area (TPSA) is 146 Å². The van der Waals surface area contributed by atoms with E-state index in [1.165, 1.54) is 12.3 Å². The molecule has 2 aromatic heterocycles. The third-order valence-electron chi connectivity index (χ3n) is 6.23. The second-order valence-corrected chi connectivity index (χ2v) is 7.75. The van der Waals surface area contributed by atoms with Crippen LogP contribution in [0.5, 0.6) is 0 Å². The van der Waals surface area contributed by atoms with E-state index in [1.54, 1.807) is 11.5 Å². The highest BCUT2D eigenvalue weighted by Gasteiger charge is 2.50. The number of hydrogen-bond acceptors (Lipinski definition) is 7. The molecule has 6 N–H and O–H groups in total. The Morgan fingerprint density at radius 3 is 2.75 bits per heavy atom. The summed E-state index contributed by atoms with van der Waals surface area (Å²) < 4.78 is 1.55. The normalized spacial score (nSPS) is 23.6. The Labute approximate surface area is 160 Å². The summed E-state index contributed by atoms with van der Waals surface area (Å²) in [4.78, 5) is 30.4. The maximum atomic E-state index is 13.5. The van der Waals surface area contributed by atoms with E-state index in [1.807, 2.05) is 0 Å². The number of nitrogens with zero attached hydrogens (tertiary/aromatic N) is 2. The highest BCUT2D eigenvalue weighted by molar-refractivity contribution is 5.99. The van der Waals surface area contributed by atoms with E-state index in [0.29, 0.717) is 29.7 Å². The van der Waals surface area contributed by atoms with Crippen molar-refractivity contribution < 1.29 is 9.90 Å². The molecule has 2 aliphatic heterocycles. The number of anilines is 3. The molecule has 1 saturated carbocycles. The zero-order valence-corrected chi connectivity index (χ0v) is 15.3. The molecule has 0 unspecified atom stereocenters. The average Bonchev–Trinajstić information content (AvgIpc) is 3.23. The van der Waals surface area contributed by atoms with E-state index in [-0.39, 0.29) is 28.7 Å². The molecule has 0 saturated heterocycles. The van der Waals surface area contributed by atoms with Crippen molar-refractivity contribution in [3.63, 3.8) is 0 Å². The number of rotatable bonds is 1. The van der Waals surface area contributed by atoms with Gasteiger partial charge in [0.1, 0.15) is 22.9 Å². The number of nitrogens with two attached hydrogens (primary N) is 1. The summed E-state index contributed by atoms with van der Waals surface area (Å²) in [6, 6.07) is 1.52. The predicted octanol–water partition coefficient (Wildman–Crippen LogP) is 1.05. The smallest absolute Gasteiger partial charge is 0.277 e. The Balaban J connectivity index is 1.88. The van der Waals surface area contributed by atoms with Gasteiger partial charge in [0.15, 0.2) is 5.60 Å². The number of fused-ring (bicyclic) bond motifs is 4. The Morgan fingerprint density at radius 2 is 2.07 bits per heavy atom. The van der Waals surface area contributed by atoms with Gasteiger partial charge in [0, 0.05) is 29.6 Å². The van der Waals surface area contributed by atoms with Crippen molar-refractivity contribution in [1.29, 1.82) is 5.41 Å². The molecule has 5 rings (SSSR count). The number of amides is 1. The lowest BCUT2D eigenvalue weighted by molar-refractivity contribution is 0.0920. The molecule has 1 aliphatic carbocycles. The third kappa shape index (κ3) is 1.84. The Morgan fingerprint density at radius 1 is 1.36 bits per heavy atom. The minimum Gasteiger partial charge on any atom is -0.384 e. The van der Waals surface area contributed by atoms with Crippen LogP contribution in [0.3, 0.4) is 0 Å². The van der Waals surface area contributed by atoms with Gasteiger partial charge in [-0.3, -0.25) is 14.2 Å². The third-order valence-corrected chi connectivity index (χ3v) is 6.23. The number of aliphatic hydroxyl groups is 1. The van der Waals surface area contributed by atoms with E-state index in [0.717, 1.165) is 19.1 Å². The molecule has 0 bridgehead atoms. The fourth-order valence-electron chi connectivity index (χ4n) is 5.00. The van der Waals surface area contributed by atoms with Crippen molar-refractivity contribution in [2.45, 2.75) is 43.9 Å². The number of pyridine rings is 2. The second-order valence-electron chi connectivity index (χ2n) is 7.75. The number of hydrogen-bond donors (Lipinski definition) is 5. The molecule has 4 heterocycles. The van der Waals surface area contributed by atoms with E-state index in [2.05, 4.69) is 15.6 Å². The highest BCUT2D eigenvalue weighted by Crippen LogP contribution is 2.46. The Hall–Kier alpha value is -3.20. The predicted molar refractivity (Wildman–Crippen MR) is 103 cm³/mol. The van der Waals surface area contributed by atoms with Crippen LogP contribution < -0.4 is 21.9 Å². The van der Waals surface area contributed by atoms with E-state index in [4.69, 9.17) is 11.1 Å². The zero-order valence-electron chi connectivity index (χ0n) is 15.3. The minimum absolute atomic E-state index is 0.160. The molecule has 1 spiro atoms. The van der Waals surface area contributed by atoms with Crippen LogP contribution in [0.25, 0.3) is 0 Å². The van der Waals surface area contributed by atoms with Gasteiger partial charge < -0.3 is 26.9 Å². The van der Waals surface area contributed by atoms with Crippen LogP contribution in [0.2, 0.25) is 0 Å². The standard InChI is InChI=1S/C19H20N6O3/c1-9-13-14(23-11-6-12(21)22-7-10(11)19(13,28)8-20)17(27)25-15(9)16(26)24-18(25)4-2-3-5-18/h6-8,20,23,28H,2-5H2,1H3,(H2,21,22)(H,24,26)/t19-/m1/s1. The summed E-state index contributed by atoms with van der Waals surface area (Å²) in [5, 5.41) is 25.4. The molecule has 0 radical (unpaired) electrons. The molecule has 144 valence electrons. The van der Waals surface area contributed by atoms with Gasteiger partial charge in [-0.05, 0) is 38.2 Å². The first-order valence-electron chi connectivity index (χ1n) is 9.22. The van der Waals surface area contributed by atoms with Gasteiger partial charge in [-0.1, -0.05) is 0 Å². The zero-order chi connectivity index (χ0) is 19.8. The van der Waals surface area contributed by atoms with Gasteiger partial charge in [0.2, 0.25) is 0 Å². The molecule has 28 heavy (non-hydrogen) atoms. The fourth-order valence-corrected chi connectivity index (χ4v) is 5.00. The van der Waals surface area contributed by atoms with E-state index < -0.39 is 16.8 Å². The fraction of sp³-hybridized carbons (Fsp3) is 0.368. The second kappa shape index (κ2) is 5.20. The highest BCUT2D eigenvalue weighted by atomic mass is 16.3. The number of aromatic nitrogens is 2.